The van der Waals surface area contributed by atoms with Crippen LogP contribution < -0.4 is 11.5 Å². The molecule has 0 unspecified atom stereocenters. The number of carbonyl (C=O) groups excluding carboxylic acids is 1. The Bertz CT molecular complexity index is 1130. The molecule has 0 aliphatic rings. The summed E-state index contributed by atoms with van der Waals surface area (Å²) >= 11 is 0. The maximum Gasteiger partial charge on any atom is 0.427 e. The van der Waals surface area contributed by atoms with Gasteiger partial charge in [0.25, 0.3) is 0 Å². The first-order valence-corrected chi connectivity index (χ1v) is 6.99. The second-order valence-corrected chi connectivity index (χ2v) is 5.39. The first kappa shape index (κ1) is 13.4. The van der Waals surface area contributed by atoms with Crippen molar-refractivity contribution < 1.29 is 13.6 Å². The maximum absolute atomic E-state index is 12.7. The van der Waals surface area contributed by atoms with E-state index in [0.29, 0.717) is 22.4 Å². The molecule has 2 heterocycles. The third-order valence-electron chi connectivity index (χ3n) is 3.69. The fourth-order valence-electron chi connectivity index (χ4n) is 2.58. The fourth-order valence-corrected chi connectivity index (χ4v) is 2.58. The molecule has 4 aromatic rings. The molecule has 0 spiro atoms. The molecule has 2 aromatic carbocycles. The minimum Gasteiger partial charge on any atom is -0.451 e. The number of aryl methyl sites for hydroxylation is 1. The lowest BCUT2D eigenvalue weighted by atomic mass is 10.2. The Hall–Kier alpha value is -3.28. The first-order valence-electron chi connectivity index (χ1n) is 6.99. The van der Waals surface area contributed by atoms with Crippen LogP contribution in [0.2, 0.25) is 0 Å². The van der Waals surface area contributed by atoms with Gasteiger partial charge in [-0.05, 0) is 42.8 Å². The predicted molar refractivity (Wildman–Crippen MR) is 85.6 cm³/mol. The summed E-state index contributed by atoms with van der Waals surface area (Å²) in [6.45, 7) is 1.93. The van der Waals surface area contributed by atoms with E-state index in [1.54, 1.807) is 18.2 Å². The normalized spacial score (nSPS) is 11.3. The molecule has 0 saturated carbocycles. The highest BCUT2D eigenvalue weighted by atomic mass is 16.4. The zero-order valence-corrected chi connectivity index (χ0v) is 12.2. The summed E-state index contributed by atoms with van der Waals surface area (Å²) in [5.41, 5.74) is 8.38. The largest absolute Gasteiger partial charge is 0.451 e. The van der Waals surface area contributed by atoms with E-state index in [0.717, 1.165) is 15.5 Å². The smallest absolute Gasteiger partial charge is 0.427 e. The van der Waals surface area contributed by atoms with Gasteiger partial charge < -0.3 is 14.6 Å². The molecular formula is C17H12N2O4. The molecule has 0 saturated heterocycles. The van der Waals surface area contributed by atoms with Crippen molar-refractivity contribution in [1.29, 1.82) is 0 Å². The minimum atomic E-state index is -0.771. The number of nitrogens with two attached hydrogens (primary N) is 1. The van der Waals surface area contributed by atoms with Crippen LogP contribution in [0.3, 0.4) is 0 Å². The number of benzene rings is 2. The van der Waals surface area contributed by atoms with Gasteiger partial charge in [0.1, 0.15) is 11.1 Å². The molecule has 4 rings (SSSR count). The number of hydrogen-bond acceptors (Lipinski definition) is 5. The van der Waals surface area contributed by atoms with Crippen LogP contribution in [0.1, 0.15) is 16.1 Å². The zero-order chi connectivity index (χ0) is 16.1. The maximum atomic E-state index is 12.7. The van der Waals surface area contributed by atoms with Crippen LogP contribution in [-0.2, 0) is 0 Å². The van der Waals surface area contributed by atoms with Crippen molar-refractivity contribution in [2.24, 2.45) is 0 Å². The molecule has 114 valence electrons. The molecule has 0 aliphatic heterocycles. The molecule has 0 fully saturated rings. The summed E-state index contributed by atoms with van der Waals surface area (Å²) in [4.78, 5) is 24.7. The quantitative estimate of drug-likeness (QED) is 0.546. The van der Waals surface area contributed by atoms with Gasteiger partial charge in [-0.1, -0.05) is 12.1 Å². The number of fused-ring (bicyclic) bond motifs is 2. The van der Waals surface area contributed by atoms with Crippen molar-refractivity contribution in [2.45, 2.75) is 6.92 Å². The van der Waals surface area contributed by atoms with E-state index in [1.165, 1.54) is 6.07 Å². The van der Waals surface area contributed by atoms with Crippen molar-refractivity contribution in [3.63, 3.8) is 0 Å². The van der Waals surface area contributed by atoms with Gasteiger partial charge in [0.15, 0.2) is 11.3 Å². The van der Waals surface area contributed by atoms with Crippen molar-refractivity contribution in [1.82, 2.24) is 4.57 Å². The van der Waals surface area contributed by atoms with E-state index < -0.39 is 11.7 Å². The summed E-state index contributed by atoms with van der Waals surface area (Å²) in [5.74, 6) is -1.29. The Balaban J connectivity index is 1.92. The lowest BCUT2D eigenvalue weighted by molar-refractivity contribution is 0.0931. The Morgan fingerprint density at radius 1 is 1.04 bits per heavy atom. The third kappa shape index (κ3) is 2.03. The molecule has 0 amide bonds. The fraction of sp³-hybridized carbons (Fsp3) is 0.0588. The van der Waals surface area contributed by atoms with E-state index in [4.69, 9.17) is 14.6 Å². The van der Waals surface area contributed by atoms with Crippen molar-refractivity contribution in [3.8, 4) is 0 Å². The highest BCUT2D eigenvalue weighted by Gasteiger charge is 2.21. The van der Waals surface area contributed by atoms with Gasteiger partial charge in [-0.2, -0.15) is 0 Å². The highest BCUT2D eigenvalue weighted by molar-refractivity contribution is 6.01. The summed E-state index contributed by atoms with van der Waals surface area (Å²) in [7, 11) is 0. The molecule has 0 atom stereocenters. The third-order valence-corrected chi connectivity index (χ3v) is 3.69. The average Bonchev–Trinajstić information content (AvgIpc) is 3.06. The molecule has 23 heavy (non-hydrogen) atoms. The van der Waals surface area contributed by atoms with Crippen LogP contribution in [0.15, 0.2) is 56.1 Å². The Morgan fingerprint density at radius 3 is 2.70 bits per heavy atom. The van der Waals surface area contributed by atoms with Gasteiger partial charge >= 0.3 is 11.7 Å². The topological polar surface area (TPSA) is 91.4 Å². The molecule has 2 aromatic heterocycles. The molecule has 6 heteroatoms. The van der Waals surface area contributed by atoms with E-state index in [9.17, 15) is 9.59 Å². The summed E-state index contributed by atoms with van der Waals surface area (Å²) in [5, 5.41) is 0.791. The van der Waals surface area contributed by atoms with Gasteiger partial charge in [-0.25, -0.2) is 9.36 Å². The highest BCUT2D eigenvalue weighted by Crippen LogP contribution is 2.23. The van der Waals surface area contributed by atoms with Crippen LogP contribution in [0.25, 0.3) is 22.1 Å². The minimum absolute atomic E-state index is 0.0674. The number of oxazole rings is 1. The van der Waals surface area contributed by atoms with E-state index in [1.807, 2.05) is 25.1 Å². The Morgan fingerprint density at radius 2 is 1.87 bits per heavy atom. The molecule has 6 nitrogen and oxygen atoms in total. The van der Waals surface area contributed by atoms with Gasteiger partial charge in [0.05, 0.1) is 0 Å². The van der Waals surface area contributed by atoms with E-state index in [-0.39, 0.29) is 5.76 Å². The summed E-state index contributed by atoms with van der Waals surface area (Å²) in [6.07, 6.45) is 0. The van der Waals surface area contributed by atoms with Crippen LogP contribution >= 0.6 is 0 Å². The van der Waals surface area contributed by atoms with Crippen molar-refractivity contribution >= 4 is 33.7 Å². The molecule has 0 radical (unpaired) electrons. The van der Waals surface area contributed by atoms with E-state index in [2.05, 4.69) is 0 Å². The van der Waals surface area contributed by atoms with Crippen LogP contribution in [0, 0.1) is 6.92 Å². The molecular weight excluding hydrogens is 296 g/mol. The lowest BCUT2D eigenvalue weighted by Crippen LogP contribution is -2.22. The zero-order valence-electron chi connectivity index (χ0n) is 12.2. The van der Waals surface area contributed by atoms with Crippen LogP contribution in [0.4, 0.5) is 5.69 Å². The first-order chi connectivity index (χ1) is 11.0. The summed E-state index contributed by atoms with van der Waals surface area (Å²) in [6, 6.07) is 11.9. The summed E-state index contributed by atoms with van der Waals surface area (Å²) < 4.78 is 11.6. The van der Waals surface area contributed by atoms with Crippen LogP contribution in [-0.4, -0.2) is 10.5 Å². The Kier molecular flexibility index (Phi) is 2.68. The van der Waals surface area contributed by atoms with Gasteiger partial charge in [-0.15, -0.1) is 0 Å². The lowest BCUT2D eigenvalue weighted by Gasteiger charge is -1.98. The number of hydrogen-bond donors (Lipinski definition) is 1. The number of carbonyl (C=O) groups is 1. The van der Waals surface area contributed by atoms with Gasteiger partial charge in [0.2, 0.25) is 0 Å². The average molecular weight is 308 g/mol. The predicted octanol–water partition coefficient (Wildman–Crippen LogP) is 2.92. The molecule has 2 N–H and O–H groups in total. The number of nitrogen functional groups attached to an aromatic ring is 1. The number of anilines is 1. The van der Waals surface area contributed by atoms with E-state index >= 15 is 0 Å². The second-order valence-electron chi connectivity index (χ2n) is 5.39. The Labute approximate surface area is 129 Å². The number of rotatable bonds is 1. The van der Waals surface area contributed by atoms with Crippen LogP contribution in [0.5, 0.6) is 0 Å². The standard InChI is InChI=1S/C17H12N2O4/c1-9-2-3-10-7-15(22-14(10)6-9)16(20)19-12-8-11(18)4-5-13(12)23-17(19)21/h2-8H,18H2,1H3. The number of aromatic nitrogens is 1. The van der Waals surface area contributed by atoms with Gasteiger partial charge in [0, 0.05) is 11.1 Å². The molecule has 0 aliphatic carbocycles. The molecule has 0 bridgehead atoms. The SMILES string of the molecule is Cc1ccc2cc(C(=O)n3c(=O)oc4ccc(N)cc43)oc2c1. The van der Waals surface area contributed by atoms with Crippen molar-refractivity contribution in [2.75, 3.05) is 5.73 Å². The van der Waals surface area contributed by atoms with Crippen molar-refractivity contribution in [3.05, 3.63) is 64.3 Å². The monoisotopic (exact) mass is 308 g/mol. The second kappa shape index (κ2) is 4.61. The van der Waals surface area contributed by atoms with Gasteiger partial charge in [-0.3, -0.25) is 4.79 Å². The number of furan rings is 1. The number of nitrogens with zero attached hydrogens (tertiary/aromatic N) is 1.